The fourth-order valence-electron chi connectivity index (χ4n) is 1.58. The highest BCUT2D eigenvalue weighted by Crippen LogP contribution is 2.28. The van der Waals surface area contributed by atoms with E-state index in [0.29, 0.717) is 23.9 Å². The second-order valence-electron chi connectivity index (χ2n) is 4.15. The van der Waals surface area contributed by atoms with Gasteiger partial charge in [-0.15, -0.1) is 0 Å². The molecule has 0 bridgehead atoms. The minimum atomic E-state index is -0.185. The number of carbonyl (C=O) groups is 1. The summed E-state index contributed by atoms with van der Waals surface area (Å²) in [5.41, 5.74) is 0.853. The summed E-state index contributed by atoms with van der Waals surface area (Å²) >= 11 is 8.21. The molecule has 1 amide bonds. The zero-order valence-electron chi connectivity index (χ0n) is 11.1. The van der Waals surface area contributed by atoms with Gasteiger partial charge >= 0.3 is 0 Å². The number of carbonyl (C=O) groups excluding carboxylic acids is 1. The number of rotatable bonds is 6. The zero-order valence-corrected chi connectivity index (χ0v) is 14.0. The first-order valence-corrected chi connectivity index (χ1v) is 7.23. The van der Waals surface area contributed by atoms with E-state index in [1.165, 1.54) is 0 Å². The van der Waals surface area contributed by atoms with Crippen molar-refractivity contribution in [3.8, 4) is 5.75 Å². The van der Waals surface area contributed by atoms with Crippen molar-refractivity contribution in [3.05, 3.63) is 26.3 Å². The Labute approximate surface area is 131 Å². The third-order valence-electron chi connectivity index (χ3n) is 2.64. The number of hydrogen-bond donors (Lipinski definition) is 1. The molecule has 4 nitrogen and oxygen atoms in total. The van der Waals surface area contributed by atoms with Crippen LogP contribution in [-0.2, 0) is 16.1 Å². The fraction of sp³-hybridized carbons (Fsp3) is 0.462. The van der Waals surface area contributed by atoms with Crippen molar-refractivity contribution in [2.75, 3.05) is 20.8 Å². The minimum Gasteiger partial charge on any atom is -0.496 e. The summed E-state index contributed by atoms with van der Waals surface area (Å²) in [7, 11) is 3.17. The van der Waals surface area contributed by atoms with Crippen LogP contribution >= 0.6 is 34.2 Å². The molecular weight excluding hydrogens is 381 g/mol. The Hall–Kier alpha value is -0.530. The van der Waals surface area contributed by atoms with Crippen LogP contribution in [0, 0.1) is 9.49 Å². The van der Waals surface area contributed by atoms with Crippen molar-refractivity contribution in [2.24, 2.45) is 5.92 Å². The Bertz CT molecular complexity index is 454. The monoisotopic (exact) mass is 397 g/mol. The van der Waals surface area contributed by atoms with E-state index in [2.05, 4.69) is 27.9 Å². The molecule has 1 atom stereocenters. The van der Waals surface area contributed by atoms with Crippen molar-refractivity contribution < 1.29 is 14.3 Å². The Kier molecular flexibility index (Phi) is 6.88. The van der Waals surface area contributed by atoms with Crippen LogP contribution in [0.1, 0.15) is 12.5 Å². The summed E-state index contributed by atoms with van der Waals surface area (Å²) in [4.78, 5) is 11.8. The molecule has 0 radical (unpaired) electrons. The molecular formula is C13H17ClINO3. The summed E-state index contributed by atoms with van der Waals surface area (Å²) < 4.78 is 11.1. The van der Waals surface area contributed by atoms with Crippen molar-refractivity contribution in [1.29, 1.82) is 0 Å². The molecule has 0 fully saturated rings. The second kappa shape index (κ2) is 7.91. The van der Waals surface area contributed by atoms with Crippen molar-refractivity contribution in [1.82, 2.24) is 5.32 Å². The molecule has 0 heterocycles. The molecule has 1 rings (SSSR count). The first-order chi connectivity index (χ1) is 8.99. The molecule has 0 aromatic heterocycles. The number of halogens is 2. The Morgan fingerprint density at radius 2 is 2.16 bits per heavy atom. The highest BCUT2D eigenvalue weighted by molar-refractivity contribution is 14.1. The lowest BCUT2D eigenvalue weighted by atomic mass is 10.1. The van der Waals surface area contributed by atoms with Gasteiger partial charge in [0.05, 0.1) is 24.7 Å². The van der Waals surface area contributed by atoms with Gasteiger partial charge in [-0.05, 0) is 34.7 Å². The molecule has 19 heavy (non-hydrogen) atoms. The second-order valence-corrected chi connectivity index (χ2v) is 5.72. The van der Waals surface area contributed by atoms with Crippen LogP contribution in [0.25, 0.3) is 0 Å². The quantitative estimate of drug-likeness (QED) is 0.751. The van der Waals surface area contributed by atoms with E-state index in [1.807, 2.05) is 19.1 Å². The largest absolute Gasteiger partial charge is 0.496 e. The number of benzene rings is 1. The van der Waals surface area contributed by atoms with E-state index in [4.69, 9.17) is 21.1 Å². The number of hydrogen-bond acceptors (Lipinski definition) is 3. The van der Waals surface area contributed by atoms with Gasteiger partial charge in [-0.3, -0.25) is 4.79 Å². The van der Waals surface area contributed by atoms with Gasteiger partial charge in [-0.1, -0.05) is 18.5 Å². The van der Waals surface area contributed by atoms with E-state index in [0.717, 1.165) is 9.13 Å². The smallest absolute Gasteiger partial charge is 0.225 e. The lowest BCUT2D eigenvalue weighted by Crippen LogP contribution is -2.31. The van der Waals surface area contributed by atoms with Crippen LogP contribution in [0.3, 0.4) is 0 Å². The molecule has 0 unspecified atom stereocenters. The SMILES string of the molecule is COC[C@@H](C)C(=O)NCc1cc(Cl)c(I)cc1OC. The molecule has 6 heteroatoms. The van der Waals surface area contributed by atoms with Crippen molar-refractivity contribution >= 4 is 40.1 Å². The number of nitrogens with one attached hydrogen (secondary N) is 1. The van der Waals surface area contributed by atoms with E-state index in [9.17, 15) is 4.79 Å². The van der Waals surface area contributed by atoms with Gasteiger partial charge in [0, 0.05) is 22.8 Å². The minimum absolute atomic E-state index is 0.0569. The van der Waals surface area contributed by atoms with Crippen LogP contribution in [0.4, 0.5) is 0 Å². The van der Waals surface area contributed by atoms with E-state index in [-0.39, 0.29) is 11.8 Å². The predicted octanol–water partition coefficient (Wildman–Crippen LogP) is 2.85. The average Bonchev–Trinajstić information content (AvgIpc) is 2.39. The maximum absolute atomic E-state index is 11.8. The van der Waals surface area contributed by atoms with Gasteiger partial charge in [0.2, 0.25) is 5.91 Å². The van der Waals surface area contributed by atoms with Crippen LogP contribution in [0.5, 0.6) is 5.75 Å². The highest BCUT2D eigenvalue weighted by atomic mass is 127. The first kappa shape index (κ1) is 16.5. The molecule has 0 aliphatic heterocycles. The van der Waals surface area contributed by atoms with Crippen molar-refractivity contribution in [2.45, 2.75) is 13.5 Å². The summed E-state index contributed by atoms with van der Waals surface area (Å²) in [5, 5.41) is 3.49. The predicted molar refractivity (Wildman–Crippen MR) is 83.6 cm³/mol. The number of ether oxygens (including phenoxy) is 2. The molecule has 0 aliphatic carbocycles. The number of methoxy groups -OCH3 is 2. The van der Waals surface area contributed by atoms with Gasteiger partial charge in [0.25, 0.3) is 0 Å². The van der Waals surface area contributed by atoms with E-state index < -0.39 is 0 Å². The maximum atomic E-state index is 11.8. The summed E-state index contributed by atoms with van der Waals surface area (Å²) in [6.07, 6.45) is 0. The zero-order chi connectivity index (χ0) is 14.4. The van der Waals surface area contributed by atoms with Crippen LogP contribution in [0.15, 0.2) is 12.1 Å². The van der Waals surface area contributed by atoms with E-state index in [1.54, 1.807) is 14.2 Å². The molecule has 0 aliphatic rings. The average molecular weight is 398 g/mol. The number of amides is 1. The van der Waals surface area contributed by atoms with Gasteiger partial charge < -0.3 is 14.8 Å². The first-order valence-electron chi connectivity index (χ1n) is 5.78. The molecule has 106 valence electrons. The molecule has 0 saturated heterocycles. The molecule has 1 N–H and O–H groups in total. The standard InChI is InChI=1S/C13H17ClINO3/c1-8(7-18-2)13(17)16-6-9-4-10(14)11(15)5-12(9)19-3/h4-5,8H,6-7H2,1-3H3,(H,16,17)/t8-/m1/s1. The van der Waals surface area contributed by atoms with Crippen LogP contribution < -0.4 is 10.1 Å². The summed E-state index contributed by atoms with van der Waals surface area (Å²) in [6.45, 7) is 2.60. The lowest BCUT2D eigenvalue weighted by molar-refractivity contribution is -0.126. The molecule has 0 saturated carbocycles. The third-order valence-corrected chi connectivity index (χ3v) is 4.16. The highest BCUT2D eigenvalue weighted by Gasteiger charge is 2.14. The lowest BCUT2D eigenvalue weighted by Gasteiger charge is -2.14. The van der Waals surface area contributed by atoms with Gasteiger partial charge in [0.15, 0.2) is 0 Å². The van der Waals surface area contributed by atoms with Crippen LogP contribution in [0.2, 0.25) is 5.02 Å². The molecule has 0 spiro atoms. The van der Waals surface area contributed by atoms with Gasteiger partial charge in [-0.25, -0.2) is 0 Å². The normalized spacial score (nSPS) is 12.1. The molecule has 1 aromatic rings. The maximum Gasteiger partial charge on any atom is 0.225 e. The van der Waals surface area contributed by atoms with Crippen LogP contribution in [-0.4, -0.2) is 26.7 Å². The molecule has 1 aromatic carbocycles. The summed E-state index contributed by atoms with van der Waals surface area (Å²) in [6, 6.07) is 3.66. The third kappa shape index (κ3) is 4.81. The van der Waals surface area contributed by atoms with Gasteiger partial charge in [-0.2, -0.15) is 0 Å². The Morgan fingerprint density at radius 1 is 1.47 bits per heavy atom. The van der Waals surface area contributed by atoms with Gasteiger partial charge in [0.1, 0.15) is 5.75 Å². The fourth-order valence-corrected chi connectivity index (χ4v) is 2.21. The topological polar surface area (TPSA) is 47.6 Å². The summed E-state index contributed by atoms with van der Waals surface area (Å²) in [5.74, 6) is 0.474. The van der Waals surface area contributed by atoms with E-state index >= 15 is 0 Å². The van der Waals surface area contributed by atoms with Crippen molar-refractivity contribution in [3.63, 3.8) is 0 Å². The Morgan fingerprint density at radius 3 is 2.74 bits per heavy atom. The Balaban J connectivity index is 2.72.